The van der Waals surface area contributed by atoms with E-state index in [4.69, 9.17) is 5.26 Å². The van der Waals surface area contributed by atoms with E-state index < -0.39 is 0 Å². The van der Waals surface area contributed by atoms with Gasteiger partial charge in [-0.25, -0.2) is 0 Å². The number of hydrogen-bond acceptors (Lipinski definition) is 1. The Hall–Kier alpha value is -1.55. The molecule has 1 aromatic rings. The predicted octanol–water partition coefficient (Wildman–Crippen LogP) is 3.18. The normalized spacial score (nSPS) is 10.2. The van der Waals surface area contributed by atoms with Gasteiger partial charge in [-0.1, -0.05) is 37.6 Å². The highest BCUT2D eigenvalue weighted by Crippen LogP contribution is 2.08. The fourth-order valence-corrected chi connectivity index (χ4v) is 1.27. The highest BCUT2D eigenvalue weighted by molar-refractivity contribution is 5.52. The van der Waals surface area contributed by atoms with E-state index in [-0.39, 0.29) is 0 Å². The van der Waals surface area contributed by atoms with Crippen LogP contribution in [0, 0.1) is 11.3 Å². The highest BCUT2D eigenvalue weighted by atomic mass is 14.2. The van der Waals surface area contributed by atoms with Gasteiger partial charge >= 0.3 is 0 Å². The van der Waals surface area contributed by atoms with Gasteiger partial charge < -0.3 is 0 Å². The fraction of sp³-hybridized carbons (Fsp3) is 0.250. The van der Waals surface area contributed by atoms with Crippen molar-refractivity contribution >= 4 is 6.08 Å². The molecule has 0 aliphatic carbocycles. The third kappa shape index (κ3) is 3.13. The summed E-state index contributed by atoms with van der Waals surface area (Å²) in [7, 11) is 0. The molecule has 0 aromatic heterocycles. The minimum atomic E-state index is 1.10. The molecule has 0 saturated heterocycles. The van der Waals surface area contributed by atoms with Crippen LogP contribution in [0.1, 0.15) is 24.5 Å². The smallest absolute Gasteiger partial charge is 0.0912 e. The van der Waals surface area contributed by atoms with Gasteiger partial charge in [0.1, 0.15) is 0 Å². The number of hydrogen-bond donors (Lipinski definition) is 0. The number of aryl methyl sites for hydroxylation is 1. The quantitative estimate of drug-likeness (QED) is 0.641. The molecular formula is C12H13N. The van der Waals surface area contributed by atoms with Gasteiger partial charge in [0.2, 0.25) is 0 Å². The average molecular weight is 171 g/mol. The summed E-state index contributed by atoms with van der Waals surface area (Å²) >= 11 is 0. The van der Waals surface area contributed by atoms with E-state index in [1.54, 1.807) is 0 Å². The van der Waals surface area contributed by atoms with E-state index in [0.717, 1.165) is 18.4 Å². The lowest BCUT2D eigenvalue weighted by molar-refractivity contribution is 0.921. The van der Waals surface area contributed by atoms with E-state index in [0.29, 0.717) is 0 Å². The van der Waals surface area contributed by atoms with Crippen LogP contribution in [-0.2, 0) is 6.42 Å². The van der Waals surface area contributed by atoms with Crippen molar-refractivity contribution in [2.75, 3.05) is 0 Å². The van der Waals surface area contributed by atoms with Gasteiger partial charge in [0, 0.05) is 6.08 Å². The van der Waals surface area contributed by atoms with E-state index in [2.05, 4.69) is 19.1 Å². The zero-order valence-electron chi connectivity index (χ0n) is 7.83. The maximum atomic E-state index is 8.36. The Morgan fingerprint density at radius 1 is 1.46 bits per heavy atom. The second-order valence-corrected chi connectivity index (χ2v) is 2.96. The first kappa shape index (κ1) is 9.54. The van der Waals surface area contributed by atoms with Crippen molar-refractivity contribution in [1.29, 1.82) is 5.26 Å². The van der Waals surface area contributed by atoms with Crippen molar-refractivity contribution in [2.45, 2.75) is 19.8 Å². The van der Waals surface area contributed by atoms with Crippen LogP contribution in [0.5, 0.6) is 0 Å². The molecule has 1 nitrogen and oxygen atoms in total. The first-order valence-electron chi connectivity index (χ1n) is 4.52. The van der Waals surface area contributed by atoms with Crippen LogP contribution >= 0.6 is 0 Å². The molecule has 0 radical (unpaired) electrons. The molecule has 0 N–H and O–H groups in total. The van der Waals surface area contributed by atoms with Crippen molar-refractivity contribution in [3.05, 3.63) is 41.5 Å². The van der Waals surface area contributed by atoms with Crippen molar-refractivity contribution in [1.82, 2.24) is 0 Å². The third-order valence-corrected chi connectivity index (χ3v) is 1.84. The van der Waals surface area contributed by atoms with Crippen LogP contribution < -0.4 is 0 Å². The summed E-state index contributed by atoms with van der Waals surface area (Å²) in [5.74, 6) is 0. The largest absolute Gasteiger partial charge is 0.193 e. The second-order valence-electron chi connectivity index (χ2n) is 2.96. The minimum absolute atomic E-state index is 1.10. The summed E-state index contributed by atoms with van der Waals surface area (Å²) in [5.41, 5.74) is 2.44. The molecule has 0 fully saturated rings. The van der Waals surface area contributed by atoms with E-state index in [1.165, 1.54) is 11.6 Å². The average Bonchev–Trinajstić information content (AvgIpc) is 2.16. The number of benzene rings is 1. The summed E-state index contributed by atoms with van der Waals surface area (Å²) in [6, 6.07) is 10.3. The second kappa shape index (κ2) is 5.16. The topological polar surface area (TPSA) is 23.8 Å². The minimum Gasteiger partial charge on any atom is -0.193 e. The molecule has 0 aliphatic heterocycles. The lowest BCUT2D eigenvalue weighted by Gasteiger charge is -1.99. The van der Waals surface area contributed by atoms with Crippen molar-refractivity contribution in [3.8, 4) is 6.07 Å². The van der Waals surface area contributed by atoms with Crippen LogP contribution in [0.3, 0.4) is 0 Å². The first-order valence-corrected chi connectivity index (χ1v) is 4.52. The molecule has 0 aliphatic rings. The molecule has 0 bridgehead atoms. The van der Waals surface area contributed by atoms with Gasteiger partial charge in [0.25, 0.3) is 0 Å². The Morgan fingerprint density at radius 3 is 3.00 bits per heavy atom. The lowest BCUT2D eigenvalue weighted by atomic mass is 10.1. The molecule has 0 atom stereocenters. The molecule has 1 aromatic carbocycles. The summed E-state index contributed by atoms with van der Waals surface area (Å²) in [6.07, 6.45) is 5.60. The SMILES string of the molecule is CCCc1cccc(C=CC#N)c1. The van der Waals surface area contributed by atoms with Crippen LogP contribution in [-0.4, -0.2) is 0 Å². The highest BCUT2D eigenvalue weighted by Gasteiger charge is 1.91. The van der Waals surface area contributed by atoms with Crippen LogP contribution in [0.2, 0.25) is 0 Å². The Balaban J connectivity index is 2.80. The number of nitrogens with zero attached hydrogens (tertiary/aromatic N) is 1. The molecule has 0 unspecified atom stereocenters. The van der Waals surface area contributed by atoms with Crippen LogP contribution in [0.15, 0.2) is 30.3 Å². The Morgan fingerprint density at radius 2 is 2.31 bits per heavy atom. The molecule has 66 valence electrons. The van der Waals surface area contributed by atoms with E-state index >= 15 is 0 Å². The monoisotopic (exact) mass is 171 g/mol. The van der Waals surface area contributed by atoms with Gasteiger partial charge in [-0.2, -0.15) is 5.26 Å². The predicted molar refractivity (Wildman–Crippen MR) is 55.1 cm³/mol. The maximum absolute atomic E-state index is 8.36. The standard InChI is InChI=1S/C12H13N/c1-2-5-11-6-3-7-12(10-11)8-4-9-13/h3-4,6-8,10H,2,5H2,1H3. The van der Waals surface area contributed by atoms with E-state index in [1.807, 2.05) is 24.3 Å². The summed E-state index contributed by atoms with van der Waals surface area (Å²) in [5, 5.41) is 8.36. The Bertz CT molecular complexity index is 331. The van der Waals surface area contributed by atoms with Gasteiger partial charge in [0.15, 0.2) is 0 Å². The fourth-order valence-electron chi connectivity index (χ4n) is 1.27. The number of nitriles is 1. The maximum Gasteiger partial charge on any atom is 0.0912 e. The Labute approximate surface area is 79.3 Å². The molecule has 0 spiro atoms. The number of rotatable bonds is 3. The summed E-state index contributed by atoms with van der Waals surface area (Å²) in [4.78, 5) is 0. The Kier molecular flexibility index (Phi) is 3.78. The molecule has 0 saturated carbocycles. The first-order chi connectivity index (χ1) is 6.36. The van der Waals surface area contributed by atoms with Crippen LogP contribution in [0.4, 0.5) is 0 Å². The lowest BCUT2D eigenvalue weighted by Crippen LogP contribution is -1.82. The van der Waals surface area contributed by atoms with Crippen molar-refractivity contribution in [3.63, 3.8) is 0 Å². The van der Waals surface area contributed by atoms with Crippen molar-refractivity contribution < 1.29 is 0 Å². The number of allylic oxidation sites excluding steroid dienone is 1. The van der Waals surface area contributed by atoms with Gasteiger partial charge in [-0.05, 0) is 23.6 Å². The molecule has 1 rings (SSSR count). The van der Waals surface area contributed by atoms with Gasteiger partial charge in [0.05, 0.1) is 6.07 Å². The van der Waals surface area contributed by atoms with Crippen molar-refractivity contribution in [2.24, 2.45) is 0 Å². The molecule has 1 heteroatoms. The van der Waals surface area contributed by atoms with Gasteiger partial charge in [-0.15, -0.1) is 0 Å². The molecule has 13 heavy (non-hydrogen) atoms. The zero-order chi connectivity index (χ0) is 9.52. The molecule has 0 heterocycles. The van der Waals surface area contributed by atoms with Gasteiger partial charge in [-0.3, -0.25) is 0 Å². The molecule has 0 amide bonds. The van der Waals surface area contributed by atoms with Crippen LogP contribution in [0.25, 0.3) is 6.08 Å². The molecular weight excluding hydrogens is 158 g/mol. The van der Waals surface area contributed by atoms with E-state index in [9.17, 15) is 0 Å². The zero-order valence-corrected chi connectivity index (χ0v) is 7.83. The summed E-state index contributed by atoms with van der Waals surface area (Å²) in [6.45, 7) is 2.16. The third-order valence-electron chi connectivity index (χ3n) is 1.84. The summed E-state index contributed by atoms with van der Waals surface area (Å²) < 4.78 is 0.